The summed E-state index contributed by atoms with van der Waals surface area (Å²) in [6, 6.07) is 5.19. The molecule has 0 fully saturated rings. The molecular weight excluding hydrogens is 372 g/mol. The molecule has 0 aliphatic carbocycles. The van der Waals surface area contributed by atoms with Crippen LogP contribution in [0.4, 0.5) is 5.69 Å². The normalized spacial score (nSPS) is 16.9. The number of carbonyl (C=O) groups excluding carboxylic acids is 2. The third kappa shape index (κ3) is 4.24. The average Bonchev–Trinajstić information content (AvgIpc) is 2.93. The quantitative estimate of drug-likeness (QED) is 0.688. The van der Waals surface area contributed by atoms with Crippen molar-refractivity contribution < 1.29 is 14.3 Å². The minimum atomic E-state index is -0.220. The summed E-state index contributed by atoms with van der Waals surface area (Å²) >= 11 is 0. The number of benzene rings is 1. The van der Waals surface area contributed by atoms with Gasteiger partial charge in [-0.15, -0.1) is 10.2 Å². The van der Waals surface area contributed by atoms with Crippen LogP contribution in [0.1, 0.15) is 37.1 Å². The fourth-order valence-electron chi connectivity index (χ4n) is 3.70. The first-order chi connectivity index (χ1) is 14.0. The maximum atomic E-state index is 12.8. The number of hydrogen-bond acceptors (Lipinski definition) is 6. The topological polar surface area (TPSA) is 110 Å². The molecule has 1 aromatic carbocycles. The van der Waals surface area contributed by atoms with Gasteiger partial charge in [-0.3, -0.25) is 9.59 Å². The SMILES string of the molecule is CC(C)[C@@H](NC(=O)Cc1ccc2c(c1)NC(=O)CO2)c1nnc2n1CCNCC2. The third-order valence-electron chi connectivity index (χ3n) is 5.20. The second-order valence-corrected chi connectivity index (χ2v) is 7.76. The van der Waals surface area contributed by atoms with E-state index in [1.807, 2.05) is 6.07 Å². The van der Waals surface area contributed by atoms with Gasteiger partial charge in [0, 0.05) is 26.1 Å². The summed E-state index contributed by atoms with van der Waals surface area (Å²) in [5.74, 6) is 2.25. The lowest BCUT2D eigenvalue weighted by molar-refractivity contribution is -0.121. The highest BCUT2D eigenvalue weighted by Gasteiger charge is 2.26. The average molecular weight is 398 g/mol. The van der Waals surface area contributed by atoms with Crippen LogP contribution < -0.4 is 20.7 Å². The number of amides is 2. The number of nitrogens with one attached hydrogen (secondary N) is 3. The standard InChI is InChI=1S/C20H26N6O3/c1-12(2)19(20-25-24-16-5-6-21-7-8-26(16)20)23-17(27)10-13-3-4-15-14(9-13)22-18(28)11-29-15/h3-4,9,12,19,21H,5-8,10-11H2,1-2H3,(H,22,28)(H,23,27)/t19-/m1/s1. The first kappa shape index (κ1) is 19.4. The molecule has 0 bridgehead atoms. The summed E-state index contributed by atoms with van der Waals surface area (Å²) in [6.45, 7) is 6.68. The van der Waals surface area contributed by atoms with Crippen molar-refractivity contribution in [2.75, 3.05) is 25.0 Å². The van der Waals surface area contributed by atoms with Gasteiger partial charge in [-0.2, -0.15) is 0 Å². The zero-order chi connectivity index (χ0) is 20.4. The molecule has 0 unspecified atom stereocenters. The molecule has 2 amide bonds. The highest BCUT2D eigenvalue weighted by molar-refractivity contribution is 5.95. The van der Waals surface area contributed by atoms with Crippen LogP contribution in [-0.4, -0.2) is 46.3 Å². The fraction of sp³-hybridized carbons (Fsp3) is 0.500. The Balaban J connectivity index is 1.48. The van der Waals surface area contributed by atoms with Crippen molar-refractivity contribution in [3.8, 4) is 5.75 Å². The zero-order valence-corrected chi connectivity index (χ0v) is 16.7. The second-order valence-electron chi connectivity index (χ2n) is 7.76. The number of fused-ring (bicyclic) bond motifs is 2. The molecule has 9 heteroatoms. The van der Waals surface area contributed by atoms with Gasteiger partial charge in [0.2, 0.25) is 5.91 Å². The monoisotopic (exact) mass is 398 g/mol. The van der Waals surface area contributed by atoms with E-state index in [-0.39, 0.29) is 36.8 Å². The highest BCUT2D eigenvalue weighted by atomic mass is 16.5. The molecule has 2 aliphatic heterocycles. The lowest BCUT2D eigenvalue weighted by Gasteiger charge is -2.23. The Morgan fingerprint density at radius 3 is 3.00 bits per heavy atom. The molecular formula is C20H26N6O3. The molecule has 3 heterocycles. The van der Waals surface area contributed by atoms with Gasteiger partial charge >= 0.3 is 0 Å². The summed E-state index contributed by atoms with van der Waals surface area (Å²) in [5, 5.41) is 18.0. The van der Waals surface area contributed by atoms with E-state index in [0.29, 0.717) is 11.4 Å². The predicted octanol–water partition coefficient (Wildman–Crippen LogP) is 0.811. The first-order valence-corrected chi connectivity index (χ1v) is 9.99. The Kier molecular flexibility index (Phi) is 5.48. The van der Waals surface area contributed by atoms with E-state index >= 15 is 0 Å². The van der Waals surface area contributed by atoms with Gasteiger partial charge < -0.3 is 25.3 Å². The summed E-state index contributed by atoms with van der Waals surface area (Å²) in [6.07, 6.45) is 1.03. The lowest BCUT2D eigenvalue weighted by Crippen LogP contribution is -2.35. The summed E-state index contributed by atoms with van der Waals surface area (Å²) in [5.41, 5.74) is 1.40. The smallest absolute Gasteiger partial charge is 0.262 e. The molecule has 3 N–H and O–H groups in total. The van der Waals surface area contributed by atoms with Crippen LogP contribution in [0.15, 0.2) is 18.2 Å². The Hall–Kier alpha value is -2.94. The molecule has 2 aromatic rings. The van der Waals surface area contributed by atoms with E-state index in [4.69, 9.17) is 4.74 Å². The Morgan fingerprint density at radius 1 is 1.31 bits per heavy atom. The van der Waals surface area contributed by atoms with Gasteiger partial charge in [0.1, 0.15) is 11.6 Å². The molecule has 0 saturated heterocycles. The number of carbonyl (C=O) groups is 2. The number of hydrogen-bond donors (Lipinski definition) is 3. The van der Waals surface area contributed by atoms with E-state index in [1.54, 1.807) is 12.1 Å². The van der Waals surface area contributed by atoms with Crippen molar-refractivity contribution in [1.29, 1.82) is 0 Å². The van der Waals surface area contributed by atoms with Crippen molar-refractivity contribution in [3.63, 3.8) is 0 Å². The van der Waals surface area contributed by atoms with Crippen LogP contribution in [-0.2, 0) is 29.0 Å². The van der Waals surface area contributed by atoms with Crippen molar-refractivity contribution >= 4 is 17.5 Å². The number of rotatable bonds is 5. The minimum absolute atomic E-state index is 0.0150. The van der Waals surface area contributed by atoms with E-state index in [2.05, 4.69) is 44.6 Å². The second kappa shape index (κ2) is 8.20. The van der Waals surface area contributed by atoms with Gasteiger partial charge in [-0.05, 0) is 23.6 Å². The maximum Gasteiger partial charge on any atom is 0.262 e. The fourth-order valence-corrected chi connectivity index (χ4v) is 3.70. The number of aromatic nitrogens is 3. The molecule has 154 valence electrons. The van der Waals surface area contributed by atoms with Crippen molar-refractivity contribution in [1.82, 2.24) is 25.4 Å². The highest BCUT2D eigenvalue weighted by Crippen LogP contribution is 2.29. The van der Waals surface area contributed by atoms with Gasteiger partial charge in [0.05, 0.1) is 18.2 Å². The molecule has 1 atom stereocenters. The summed E-state index contributed by atoms with van der Waals surface area (Å²) in [4.78, 5) is 24.3. The van der Waals surface area contributed by atoms with Crippen molar-refractivity contribution in [2.45, 2.75) is 39.3 Å². The van der Waals surface area contributed by atoms with Gasteiger partial charge in [-0.25, -0.2) is 0 Å². The Labute approximate surface area is 169 Å². The minimum Gasteiger partial charge on any atom is -0.482 e. The van der Waals surface area contributed by atoms with Gasteiger partial charge in [-0.1, -0.05) is 19.9 Å². The van der Waals surface area contributed by atoms with E-state index in [0.717, 1.165) is 43.3 Å². The maximum absolute atomic E-state index is 12.8. The van der Waals surface area contributed by atoms with Crippen LogP contribution in [0, 0.1) is 5.92 Å². The van der Waals surface area contributed by atoms with Crippen LogP contribution in [0.5, 0.6) is 5.75 Å². The van der Waals surface area contributed by atoms with Crippen molar-refractivity contribution in [2.24, 2.45) is 5.92 Å². The first-order valence-electron chi connectivity index (χ1n) is 9.99. The third-order valence-corrected chi connectivity index (χ3v) is 5.20. The van der Waals surface area contributed by atoms with Crippen molar-refractivity contribution in [3.05, 3.63) is 35.4 Å². The zero-order valence-electron chi connectivity index (χ0n) is 16.7. The molecule has 2 aliphatic rings. The van der Waals surface area contributed by atoms with Gasteiger partial charge in [0.25, 0.3) is 5.91 Å². The molecule has 0 saturated carbocycles. The van der Waals surface area contributed by atoms with Crippen LogP contribution in [0.25, 0.3) is 0 Å². The molecule has 29 heavy (non-hydrogen) atoms. The largest absolute Gasteiger partial charge is 0.482 e. The molecule has 0 radical (unpaired) electrons. The number of anilines is 1. The molecule has 4 rings (SSSR count). The van der Waals surface area contributed by atoms with E-state index in [1.165, 1.54) is 0 Å². The van der Waals surface area contributed by atoms with Crippen LogP contribution in [0.2, 0.25) is 0 Å². The predicted molar refractivity (Wildman–Crippen MR) is 107 cm³/mol. The van der Waals surface area contributed by atoms with Gasteiger partial charge in [0.15, 0.2) is 12.4 Å². The summed E-state index contributed by atoms with van der Waals surface area (Å²) < 4.78 is 7.49. The van der Waals surface area contributed by atoms with Crippen LogP contribution in [0.3, 0.4) is 0 Å². The Morgan fingerprint density at radius 2 is 2.17 bits per heavy atom. The number of nitrogens with zero attached hydrogens (tertiary/aromatic N) is 3. The molecule has 1 aromatic heterocycles. The Bertz CT molecular complexity index is 923. The lowest BCUT2D eigenvalue weighted by atomic mass is 10.0. The number of ether oxygens (including phenoxy) is 1. The molecule has 0 spiro atoms. The van der Waals surface area contributed by atoms with Crippen LogP contribution >= 0.6 is 0 Å². The summed E-state index contributed by atoms with van der Waals surface area (Å²) in [7, 11) is 0. The molecule has 9 nitrogen and oxygen atoms in total. The van der Waals surface area contributed by atoms with E-state index < -0.39 is 0 Å². The van der Waals surface area contributed by atoms with E-state index in [9.17, 15) is 9.59 Å².